The lowest BCUT2D eigenvalue weighted by molar-refractivity contribution is -0.165. The van der Waals surface area contributed by atoms with Gasteiger partial charge in [0.2, 0.25) is 0 Å². The molecular formula is C15H30O5. The number of hydrogen-bond donors (Lipinski definition) is 3. The van der Waals surface area contributed by atoms with Crippen LogP contribution in [0.5, 0.6) is 0 Å². The van der Waals surface area contributed by atoms with Crippen molar-refractivity contribution in [1.82, 2.24) is 0 Å². The largest absolute Gasteiger partial charge is 0.465 e. The van der Waals surface area contributed by atoms with E-state index in [1.807, 2.05) is 13.8 Å². The molecule has 5 heteroatoms. The van der Waals surface area contributed by atoms with E-state index in [4.69, 9.17) is 9.84 Å². The zero-order chi connectivity index (χ0) is 16.2. The van der Waals surface area contributed by atoms with Crippen molar-refractivity contribution in [2.75, 3.05) is 19.8 Å². The summed E-state index contributed by atoms with van der Waals surface area (Å²) in [5.74, 6) is -0.500. The molecule has 1 unspecified atom stereocenters. The van der Waals surface area contributed by atoms with Gasteiger partial charge in [-0.3, -0.25) is 4.79 Å². The molecule has 0 saturated heterocycles. The van der Waals surface area contributed by atoms with Crippen LogP contribution in [0.15, 0.2) is 0 Å². The maximum Gasteiger partial charge on any atom is 0.314 e. The second-order valence-electron chi connectivity index (χ2n) is 7.66. The Bertz CT molecular complexity index is 320. The summed E-state index contributed by atoms with van der Waals surface area (Å²) in [4.78, 5) is 12.1. The van der Waals surface area contributed by atoms with Gasteiger partial charge in [0.15, 0.2) is 0 Å². The highest BCUT2D eigenvalue weighted by molar-refractivity contribution is 5.76. The lowest BCUT2D eigenvalue weighted by Gasteiger charge is -2.34. The summed E-state index contributed by atoms with van der Waals surface area (Å²) in [5.41, 5.74) is -2.01. The van der Waals surface area contributed by atoms with Crippen molar-refractivity contribution in [3.05, 3.63) is 0 Å². The number of hydrogen-bond acceptors (Lipinski definition) is 5. The topological polar surface area (TPSA) is 87.0 Å². The summed E-state index contributed by atoms with van der Waals surface area (Å²) in [6.45, 7) is 10.4. The van der Waals surface area contributed by atoms with E-state index in [-0.39, 0.29) is 19.8 Å². The van der Waals surface area contributed by atoms with Crippen molar-refractivity contribution in [1.29, 1.82) is 0 Å². The molecule has 5 nitrogen and oxygen atoms in total. The number of carbonyl (C=O) groups is 1. The van der Waals surface area contributed by atoms with E-state index in [0.29, 0.717) is 6.42 Å². The minimum absolute atomic E-state index is 0.0628. The first-order chi connectivity index (χ1) is 8.88. The smallest absolute Gasteiger partial charge is 0.314 e. The quantitative estimate of drug-likeness (QED) is 0.587. The number of carbonyl (C=O) groups excluding carboxylic acids is 1. The fraction of sp³-hybridized carbons (Fsp3) is 0.933. The third-order valence-electron chi connectivity index (χ3n) is 3.56. The summed E-state index contributed by atoms with van der Waals surface area (Å²) in [7, 11) is 0. The zero-order valence-electron chi connectivity index (χ0n) is 13.6. The van der Waals surface area contributed by atoms with Gasteiger partial charge in [0.05, 0.1) is 24.7 Å². The fourth-order valence-corrected chi connectivity index (χ4v) is 1.47. The van der Waals surface area contributed by atoms with Crippen LogP contribution in [0.4, 0.5) is 0 Å². The van der Waals surface area contributed by atoms with Crippen molar-refractivity contribution >= 4 is 5.97 Å². The van der Waals surface area contributed by atoms with Gasteiger partial charge in [-0.1, -0.05) is 27.7 Å². The van der Waals surface area contributed by atoms with Crippen LogP contribution in [0.2, 0.25) is 0 Å². The molecule has 0 aliphatic rings. The second kappa shape index (κ2) is 6.87. The first-order valence-corrected chi connectivity index (χ1v) is 6.95. The van der Waals surface area contributed by atoms with Crippen LogP contribution in [-0.2, 0) is 9.53 Å². The molecule has 20 heavy (non-hydrogen) atoms. The van der Waals surface area contributed by atoms with Gasteiger partial charge in [0, 0.05) is 12.0 Å². The van der Waals surface area contributed by atoms with E-state index >= 15 is 0 Å². The standard InChI is InChI=1S/C15H30O5/c1-13(2,8-16)7-11(18)15(5,6)12(19)20-10-14(3,4)9-17/h11,16-18H,7-10H2,1-6H3. The maximum absolute atomic E-state index is 12.1. The first kappa shape index (κ1) is 19.4. The van der Waals surface area contributed by atoms with Gasteiger partial charge in [-0.25, -0.2) is 0 Å². The van der Waals surface area contributed by atoms with Crippen molar-refractivity contribution in [3.8, 4) is 0 Å². The van der Waals surface area contributed by atoms with Gasteiger partial charge in [-0.05, 0) is 25.7 Å². The predicted octanol–water partition coefficient (Wildman–Crippen LogP) is 1.34. The SMILES string of the molecule is CC(C)(CO)COC(=O)C(C)(C)C(O)CC(C)(C)CO. The van der Waals surface area contributed by atoms with E-state index in [1.165, 1.54) is 0 Å². The van der Waals surface area contributed by atoms with Crippen molar-refractivity contribution in [2.24, 2.45) is 16.2 Å². The molecule has 3 N–H and O–H groups in total. The van der Waals surface area contributed by atoms with Crippen LogP contribution in [0.1, 0.15) is 48.0 Å². The van der Waals surface area contributed by atoms with Gasteiger partial charge < -0.3 is 20.1 Å². The Hall–Kier alpha value is -0.650. The van der Waals surface area contributed by atoms with Crippen LogP contribution in [-0.4, -0.2) is 47.2 Å². The average molecular weight is 290 g/mol. The normalized spacial score (nSPS) is 15.1. The Labute approximate surface area is 122 Å². The number of aliphatic hydroxyl groups excluding tert-OH is 3. The molecule has 0 aliphatic carbocycles. The number of ether oxygens (including phenoxy) is 1. The molecule has 0 aromatic rings. The molecule has 0 bridgehead atoms. The van der Waals surface area contributed by atoms with Gasteiger partial charge in [0.1, 0.15) is 0 Å². The van der Waals surface area contributed by atoms with Gasteiger partial charge >= 0.3 is 5.97 Å². The van der Waals surface area contributed by atoms with Crippen molar-refractivity contribution in [2.45, 2.75) is 54.1 Å². The molecule has 0 aliphatic heterocycles. The third kappa shape index (κ3) is 5.77. The van der Waals surface area contributed by atoms with Crippen molar-refractivity contribution < 1.29 is 24.9 Å². The summed E-state index contributed by atoms with van der Waals surface area (Å²) >= 11 is 0. The number of aliphatic hydroxyl groups is 3. The molecule has 0 aromatic carbocycles. The first-order valence-electron chi connectivity index (χ1n) is 6.95. The summed E-state index contributed by atoms with van der Waals surface area (Å²) in [5, 5.41) is 28.6. The molecule has 0 amide bonds. The van der Waals surface area contributed by atoms with E-state index in [0.717, 1.165) is 0 Å². The molecule has 0 radical (unpaired) electrons. The van der Waals surface area contributed by atoms with Gasteiger partial charge in [-0.15, -0.1) is 0 Å². The fourth-order valence-electron chi connectivity index (χ4n) is 1.47. The Morgan fingerprint density at radius 3 is 1.85 bits per heavy atom. The zero-order valence-corrected chi connectivity index (χ0v) is 13.6. The lowest BCUT2D eigenvalue weighted by Crippen LogP contribution is -2.42. The summed E-state index contributed by atoms with van der Waals surface area (Å²) in [6, 6.07) is 0. The molecular weight excluding hydrogens is 260 g/mol. The van der Waals surface area contributed by atoms with Crippen LogP contribution >= 0.6 is 0 Å². The predicted molar refractivity (Wildman–Crippen MR) is 77.1 cm³/mol. The second-order valence-corrected chi connectivity index (χ2v) is 7.66. The highest BCUT2D eigenvalue weighted by Crippen LogP contribution is 2.32. The molecule has 0 heterocycles. The van der Waals surface area contributed by atoms with E-state index in [1.54, 1.807) is 27.7 Å². The number of esters is 1. The lowest BCUT2D eigenvalue weighted by atomic mass is 9.77. The minimum Gasteiger partial charge on any atom is -0.465 e. The number of rotatable bonds is 8. The van der Waals surface area contributed by atoms with Gasteiger partial charge in [0.25, 0.3) is 0 Å². The summed E-state index contributed by atoms with van der Waals surface area (Å²) < 4.78 is 5.21. The van der Waals surface area contributed by atoms with Crippen LogP contribution in [0.3, 0.4) is 0 Å². The van der Waals surface area contributed by atoms with Crippen LogP contribution in [0.25, 0.3) is 0 Å². The molecule has 120 valence electrons. The van der Waals surface area contributed by atoms with Crippen LogP contribution in [0, 0.1) is 16.2 Å². The Balaban J connectivity index is 4.66. The van der Waals surface area contributed by atoms with Crippen molar-refractivity contribution in [3.63, 3.8) is 0 Å². The molecule has 1 atom stereocenters. The average Bonchev–Trinajstić information content (AvgIpc) is 2.35. The summed E-state index contributed by atoms with van der Waals surface area (Å²) in [6.07, 6.45) is -0.607. The molecule has 0 spiro atoms. The minimum atomic E-state index is -1.06. The van der Waals surface area contributed by atoms with Crippen LogP contribution < -0.4 is 0 Å². The monoisotopic (exact) mass is 290 g/mol. The van der Waals surface area contributed by atoms with E-state index < -0.39 is 28.3 Å². The van der Waals surface area contributed by atoms with E-state index in [2.05, 4.69) is 0 Å². The molecule has 0 aromatic heterocycles. The van der Waals surface area contributed by atoms with Gasteiger partial charge in [-0.2, -0.15) is 0 Å². The third-order valence-corrected chi connectivity index (χ3v) is 3.56. The Morgan fingerprint density at radius 1 is 1.00 bits per heavy atom. The Kier molecular flexibility index (Phi) is 6.65. The highest BCUT2D eigenvalue weighted by atomic mass is 16.5. The Morgan fingerprint density at radius 2 is 1.45 bits per heavy atom. The molecule has 0 saturated carbocycles. The van der Waals surface area contributed by atoms with E-state index in [9.17, 15) is 15.0 Å². The molecule has 0 fully saturated rings. The molecule has 0 rings (SSSR count). The maximum atomic E-state index is 12.1. The highest BCUT2D eigenvalue weighted by Gasteiger charge is 2.40.